The summed E-state index contributed by atoms with van der Waals surface area (Å²) in [7, 11) is 1.87. The van der Waals surface area contributed by atoms with Crippen molar-refractivity contribution in [2.24, 2.45) is 7.05 Å². The molecule has 0 amide bonds. The third kappa shape index (κ3) is 2.56. The number of hydrogen-bond acceptors (Lipinski definition) is 8. The third-order valence-corrected chi connectivity index (χ3v) is 5.08. The molecular weight excluding hydrogens is 360 g/mol. The number of pyridine rings is 1. The molecule has 5 heterocycles. The summed E-state index contributed by atoms with van der Waals surface area (Å²) in [5.41, 5.74) is 5.21. The number of H-pyrrole nitrogens is 1. The molecule has 4 aromatic heterocycles. The fraction of sp³-hybridized carbons (Fsp3) is 0.389. The summed E-state index contributed by atoms with van der Waals surface area (Å²) in [4.78, 5) is 7.16. The molecule has 1 aliphatic rings. The molecule has 28 heavy (non-hydrogen) atoms. The minimum absolute atomic E-state index is 0.216. The van der Waals surface area contributed by atoms with E-state index in [1.54, 1.807) is 10.9 Å². The van der Waals surface area contributed by atoms with Crippen LogP contribution in [0.1, 0.15) is 12.6 Å². The summed E-state index contributed by atoms with van der Waals surface area (Å²) >= 11 is 0. The Kier molecular flexibility index (Phi) is 3.86. The van der Waals surface area contributed by atoms with Crippen LogP contribution in [-0.2, 0) is 11.8 Å². The Labute approximate surface area is 160 Å². The van der Waals surface area contributed by atoms with Crippen LogP contribution < -0.4 is 4.90 Å². The molecule has 0 bridgehead atoms. The highest BCUT2D eigenvalue weighted by Gasteiger charge is 2.26. The van der Waals surface area contributed by atoms with E-state index in [9.17, 15) is 0 Å². The van der Waals surface area contributed by atoms with Gasteiger partial charge in [0.2, 0.25) is 0 Å². The van der Waals surface area contributed by atoms with E-state index in [2.05, 4.69) is 37.5 Å². The summed E-state index contributed by atoms with van der Waals surface area (Å²) < 4.78 is 13.1. The number of rotatable bonds is 3. The van der Waals surface area contributed by atoms with Crippen LogP contribution in [0.3, 0.4) is 0 Å². The third-order valence-electron chi connectivity index (χ3n) is 5.08. The molecule has 10 heteroatoms. The van der Waals surface area contributed by atoms with Gasteiger partial charge in [-0.15, -0.1) is 5.10 Å². The molecule has 10 nitrogen and oxygen atoms in total. The van der Waals surface area contributed by atoms with Gasteiger partial charge in [-0.3, -0.25) is 5.10 Å². The van der Waals surface area contributed by atoms with Gasteiger partial charge in [0.05, 0.1) is 41.9 Å². The van der Waals surface area contributed by atoms with Gasteiger partial charge in [0.15, 0.2) is 11.3 Å². The molecule has 0 spiro atoms. The topological polar surface area (TPSA) is 111 Å². The molecule has 0 radical (unpaired) electrons. The lowest BCUT2D eigenvalue weighted by Gasteiger charge is -2.34. The van der Waals surface area contributed by atoms with Crippen molar-refractivity contribution in [3.05, 3.63) is 24.0 Å². The Morgan fingerprint density at radius 1 is 1.32 bits per heavy atom. The summed E-state index contributed by atoms with van der Waals surface area (Å²) in [6, 6.07) is 4.09. The molecule has 0 aliphatic carbocycles. The highest BCUT2D eigenvalue weighted by atomic mass is 16.5. The number of nitrogens with zero attached hydrogens (tertiary/aromatic N) is 7. The van der Waals surface area contributed by atoms with E-state index >= 15 is 0 Å². The number of fused-ring (bicyclic) bond motifs is 1. The van der Waals surface area contributed by atoms with Crippen LogP contribution in [-0.4, -0.2) is 61.1 Å². The standard InChI is InChI=1S/C18H20N8O2/c1-10-9-27-7-6-26(10)14-8-12(17-11(2)21-24-25(17)3)18-16(20-14)15(23-28-18)13-4-5-19-22-13/h4-5,8,10H,6-7,9H2,1-3H3,(H,19,22). The van der Waals surface area contributed by atoms with Crippen LogP contribution in [0, 0.1) is 6.92 Å². The number of morpholine rings is 1. The van der Waals surface area contributed by atoms with Crippen LogP contribution in [0.15, 0.2) is 22.9 Å². The lowest BCUT2D eigenvalue weighted by atomic mass is 10.1. The zero-order chi connectivity index (χ0) is 19.3. The predicted octanol–water partition coefficient (Wildman–Crippen LogP) is 1.94. The second-order valence-electron chi connectivity index (χ2n) is 6.97. The van der Waals surface area contributed by atoms with Gasteiger partial charge in [-0.1, -0.05) is 10.4 Å². The van der Waals surface area contributed by atoms with Crippen molar-refractivity contribution in [3.8, 4) is 22.6 Å². The van der Waals surface area contributed by atoms with Crippen LogP contribution in [0.2, 0.25) is 0 Å². The number of aromatic amines is 1. The van der Waals surface area contributed by atoms with Crippen molar-refractivity contribution in [2.75, 3.05) is 24.7 Å². The number of hydrogen-bond donors (Lipinski definition) is 1. The second-order valence-corrected chi connectivity index (χ2v) is 6.97. The van der Waals surface area contributed by atoms with Crippen molar-refractivity contribution in [1.29, 1.82) is 0 Å². The molecule has 1 atom stereocenters. The molecular formula is C18H20N8O2. The van der Waals surface area contributed by atoms with Crippen molar-refractivity contribution >= 4 is 16.9 Å². The molecule has 1 N–H and O–H groups in total. The Balaban J connectivity index is 1.78. The van der Waals surface area contributed by atoms with Crippen LogP contribution in [0.5, 0.6) is 0 Å². The fourth-order valence-electron chi connectivity index (χ4n) is 3.69. The van der Waals surface area contributed by atoms with Gasteiger partial charge in [0.25, 0.3) is 0 Å². The van der Waals surface area contributed by atoms with Crippen molar-refractivity contribution < 1.29 is 9.26 Å². The summed E-state index contributed by atoms with van der Waals surface area (Å²) in [6.45, 7) is 6.16. The molecule has 5 rings (SSSR count). The zero-order valence-electron chi connectivity index (χ0n) is 15.9. The summed E-state index contributed by atoms with van der Waals surface area (Å²) in [5.74, 6) is 0.850. The average molecular weight is 380 g/mol. The highest BCUT2D eigenvalue weighted by Crippen LogP contribution is 2.36. The van der Waals surface area contributed by atoms with Gasteiger partial charge in [0, 0.05) is 19.8 Å². The van der Waals surface area contributed by atoms with Gasteiger partial charge >= 0.3 is 0 Å². The first-order chi connectivity index (χ1) is 13.6. The number of aryl methyl sites for hydroxylation is 2. The first kappa shape index (κ1) is 16.9. The molecule has 1 saturated heterocycles. The highest BCUT2D eigenvalue weighted by molar-refractivity contribution is 5.97. The second kappa shape index (κ2) is 6.41. The molecule has 0 aromatic carbocycles. The van der Waals surface area contributed by atoms with Gasteiger partial charge < -0.3 is 14.2 Å². The maximum absolute atomic E-state index is 5.73. The lowest BCUT2D eigenvalue weighted by Crippen LogP contribution is -2.44. The zero-order valence-corrected chi connectivity index (χ0v) is 15.9. The fourth-order valence-corrected chi connectivity index (χ4v) is 3.69. The first-order valence-corrected chi connectivity index (χ1v) is 9.14. The van der Waals surface area contributed by atoms with Crippen LogP contribution in [0.4, 0.5) is 5.82 Å². The first-order valence-electron chi connectivity index (χ1n) is 9.14. The van der Waals surface area contributed by atoms with E-state index in [4.69, 9.17) is 14.2 Å². The van der Waals surface area contributed by atoms with Crippen molar-refractivity contribution in [1.82, 2.24) is 35.3 Å². The molecule has 1 unspecified atom stereocenters. The molecule has 0 saturated carbocycles. The number of aromatic nitrogens is 7. The Bertz CT molecular complexity index is 1110. The van der Waals surface area contributed by atoms with Crippen molar-refractivity contribution in [3.63, 3.8) is 0 Å². The van der Waals surface area contributed by atoms with Gasteiger partial charge in [-0.2, -0.15) is 5.10 Å². The summed E-state index contributed by atoms with van der Waals surface area (Å²) in [6.07, 6.45) is 1.68. The number of nitrogens with one attached hydrogen (secondary N) is 1. The average Bonchev–Trinajstić information content (AvgIpc) is 3.42. The normalized spacial score (nSPS) is 17.5. The SMILES string of the molecule is Cc1nnn(C)c1-c1cc(N2CCOCC2C)nc2c(-c3ccn[nH]3)noc12. The lowest BCUT2D eigenvalue weighted by molar-refractivity contribution is 0.0986. The quantitative estimate of drug-likeness (QED) is 0.574. The Morgan fingerprint density at radius 2 is 2.21 bits per heavy atom. The molecule has 144 valence electrons. The van der Waals surface area contributed by atoms with E-state index in [1.807, 2.05) is 26.1 Å². The van der Waals surface area contributed by atoms with E-state index in [1.165, 1.54) is 0 Å². The van der Waals surface area contributed by atoms with Crippen molar-refractivity contribution in [2.45, 2.75) is 19.9 Å². The Hall–Kier alpha value is -3.27. The van der Waals surface area contributed by atoms with Gasteiger partial charge in [-0.05, 0) is 26.0 Å². The minimum atomic E-state index is 0.216. The van der Waals surface area contributed by atoms with E-state index in [-0.39, 0.29) is 6.04 Å². The maximum Gasteiger partial charge on any atom is 0.195 e. The van der Waals surface area contributed by atoms with Crippen LogP contribution >= 0.6 is 0 Å². The predicted molar refractivity (Wildman–Crippen MR) is 102 cm³/mol. The summed E-state index contributed by atoms with van der Waals surface area (Å²) in [5, 5.41) is 19.6. The minimum Gasteiger partial charge on any atom is -0.377 e. The maximum atomic E-state index is 5.73. The van der Waals surface area contributed by atoms with E-state index < -0.39 is 0 Å². The van der Waals surface area contributed by atoms with Gasteiger partial charge in [0.1, 0.15) is 11.3 Å². The van der Waals surface area contributed by atoms with Gasteiger partial charge in [-0.25, -0.2) is 9.67 Å². The van der Waals surface area contributed by atoms with E-state index in [0.717, 1.165) is 35.0 Å². The largest absolute Gasteiger partial charge is 0.377 e. The smallest absolute Gasteiger partial charge is 0.195 e. The molecule has 4 aromatic rings. The number of anilines is 1. The molecule has 1 aliphatic heterocycles. The van der Waals surface area contributed by atoms with Crippen LogP contribution in [0.25, 0.3) is 33.7 Å². The monoisotopic (exact) mass is 380 g/mol. The Morgan fingerprint density at radius 3 is 2.93 bits per heavy atom. The van der Waals surface area contributed by atoms with E-state index in [0.29, 0.717) is 30.0 Å². The number of ether oxygens (including phenoxy) is 1. The molecule has 1 fully saturated rings.